The number of carbonyl (C=O) groups is 1. The van der Waals surface area contributed by atoms with Crippen molar-refractivity contribution in [2.45, 2.75) is 20.3 Å². The monoisotopic (exact) mass is 251 g/mol. The van der Waals surface area contributed by atoms with E-state index in [9.17, 15) is 4.79 Å². The fourth-order valence-corrected chi connectivity index (χ4v) is 0.877. The first-order valence-electron chi connectivity index (χ1n) is 4.18. The van der Waals surface area contributed by atoms with Gasteiger partial charge in [0.25, 0.3) is 0 Å². The lowest BCUT2D eigenvalue weighted by Gasteiger charge is -2.02. The molecule has 0 radical (unpaired) electrons. The summed E-state index contributed by atoms with van der Waals surface area (Å²) in [5, 5.41) is 3.99. The summed E-state index contributed by atoms with van der Waals surface area (Å²) in [5.74, 6) is -0.435. The second kappa shape index (κ2) is 8.04. The molecular weight excluding hydrogens is 238 g/mol. The summed E-state index contributed by atoms with van der Waals surface area (Å²) in [6.45, 7) is 4.57. The maximum atomic E-state index is 11.1. The molecule has 13 heavy (non-hydrogen) atoms. The molecule has 0 aliphatic carbocycles. The van der Waals surface area contributed by atoms with Crippen molar-refractivity contribution in [1.82, 2.24) is 0 Å². The van der Waals surface area contributed by atoms with Crippen LogP contribution in [0.4, 0.5) is 0 Å². The van der Waals surface area contributed by atoms with Crippen LogP contribution in [-0.4, -0.2) is 30.2 Å². The Balaban J connectivity index is 3.99. The highest BCUT2D eigenvalue weighted by molar-refractivity contribution is 9.09. The van der Waals surface area contributed by atoms with E-state index < -0.39 is 5.97 Å². The average molecular weight is 252 g/mol. The van der Waals surface area contributed by atoms with Gasteiger partial charge in [0.2, 0.25) is 0 Å². The number of esters is 1. The molecule has 0 atom stereocenters. The zero-order chi connectivity index (χ0) is 10.1. The van der Waals surface area contributed by atoms with E-state index in [0.717, 1.165) is 6.42 Å². The number of oxime groups is 1. The molecule has 0 unspecified atom stereocenters. The van der Waals surface area contributed by atoms with Crippen molar-refractivity contribution in [3.8, 4) is 0 Å². The first kappa shape index (κ1) is 12.4. The first-order valence-corrected chi connectivity index (χ1v) is 5.30. The molecule has 0 saturated heterocycles. The molecule has 4 nitrogen and oxygen atoms in total. The van der Waals surface area contributed by atoms with Crippen molar-refractivity contribution in [2.24, 2.45) is 5.16 Å². The van der Waals surface area contributed by atoms with Crippen molar-refractivity contribution in [2.75, 3.05) is 18.5 Å². The van der Waals surface area contributed by atoms with Gasteiger partial charge in [-0.3, -0.25) is 0 Å². The zero-order valence-corrected chi connectivity index (χ0v) is 9.46. The van der Waals surface area contributed by atoms with Gasteiger partial charge >= 0.3 is 5.97 Å². The molecule has 0 aromatic rings. The molecule has 0 aromatic carbocycles. The second-order valence-corrected chi connectivity index (χ2v) is 2.79. The predicted molar refractivity (Wildman–Crippen MR) is 54.1 cm³/mol. The molecule has 0 fully saturated rings. The molecule has 0 aliphatic rings. The Labute approximate surface area is 86.4 Å². The van der Waals surface area contributed by atoms with E-state index in [1.54, 1.807) is 6.92 Å². The summed E-state index contributed by atoms with van der Waals surface area (Å²) in [4.78, 5) is 16.0. The molecule has 0 amide bonds. The molecule has 0 spiro atoms. The average Bonchev–Trinajstić information content (AvgIpc) is 2.13. The van der Waals surface area contributed by atoms with Crippen LogP contribution in [0.1, 0.15) is 20.3 Å². The summed E-state index contributed by atoms with van der Waals surface area (Å²) in [6.07, 6.45) is 0.863. The smallest absolute Gasteiger partial charge is 0.356 e. The number of hydrogen-bond donors (Lipinski definition) is 0. The minimum Gasteiger partial charge on any atom is -0.461 e. The predicted octanol–water partition coefficient (Wildman–Crippen LogP) is 1.73. The van der Waals surface area contributed by atoms with Crippen molar-refractivity contribution in [3.05, 3.63) is 0 Å². The standard InChI is InChI=1S/C8H14BrNO3/c1-3-5-13-10-7(6-9)8(11)12-4-2/h3-6H2,1-2H3. The maximum absolute atomic E-state index is 11.1. The Kier molecular flexibility index (Phi) is 7.68. The van der Waals surface area contributed by atoms with Crippen LogP contribution in [0.3, 0.4) is 0 Å². The summed E-state index contributed by atoms with van der Waals surface area (Å²) < 4.78 is 4.75. The highest BCUT2D eigenvalue weighted by Gasteiger charge is 2.11. The van der Waals surface area contributed by atoms with Crippen molar-refractivity contribution in [3.63, 3.8) is 0 Å². The van der Waals surface area contributed by atoms with E-state index in [-0.39, 0.29) is 5.71 Å². The molecule has 0 N–H and O–H groups in total. The van der Waals surface area contributed by atoms with Gasteiger partial charge in [0.1, 0.15) is 6.61 Å². The largest absolute Gasteiger partial charge is 0.461 e. The molecular formula is C8H14BrNO3. The Bertz CT molecular complexity index is 182. The fourth-order valence-electron chi connectivity index (χ4n) is 0.545. The first-order chi connectivity index (χ1) is 6.26. The van der Waals surface area contributed by atoms with Crippen LogP contribution in [0.15, 0.2) is 5.16 Å². The number of rotatable bonds is 6. The van der Waals surface area contributed by atoms with E-state index in [2.05, 4.69) is 21.1 Å². The van der Waals surface area contributed by atoms with Gasteiger partial charge in [0.05, 0.1) is 11.9 Å². The number of hydrogen-bond acceptors (Lipinski definition) is 4. The van der Waals surface area contributed by atoms with Crippen LogP contribution in [-0.2, 0) is 14.4 Å². The molecule has 0 heterocycles. The van der Waals surface area contributed by atoms with Gasteiger partial charge in [-0.1, -0.05) is 28.0 Å². The van der Waals surface area contributed by atoms with Crippen LogP contribution < -0.4 is 0 Å². The third-order valence-electron chi connectivity index (χ3n) is 1.11. The third-order valence-corrected chi connectivity index (χ3v) is 1.64. The molecule has 0 bridgehead atoms. The number of alkyl halides is 1. The van der Waals surface area contributed by atoms with Crippen LogP contribution in [0.25, 0.3) is 0 Å². The summed E-state index contributed by atoms with van der Waals surface area (Å²) in [7, 11) is 0. The Morgan fingerprint density at radius 2 is 2.15 bits per heavy atom. The number of nitrogens with zero attached hydrogens (tertiary/aromatic N) is 1. The fraction of sp³-hybridized carbons (Fsp3) is 0.750. The lowest BCUT2D eigenvalue weighted by Crippen LogP contribution is -2.19. The van der Waals surface area contributed by atoms with E-state index in [1.807, 2.05) is 6.92 Å². The Hall–Kier alpha value is -0.580. The SMILES string of the molecule is CCCON=C(CBr)C(=O)OCC. The van der Waals surface area contributed by atoms with E-state index >= 15 is 0 Å². The quantitative estimate of drug-likeness (QED) is 0.238. The van der Waals surface area contributed by atoms with E-state index in [4.69, 9.17) is 9.57 Å². The van der Waals surface area contributed by atoms with Gasteiger partial charge in [-0.15, -0.1) is 0 Å². The van der Waals surface area contributed by atoms with E-state index in [0.29, 0.717) is 18.5 Å². The Morgan fingerprint density at radius 1 is 1.46 bits per heavy atom. The topological polar surface area (TPSA) is 47.9 Å². The van der Waals surface area contributed by atoms with Crippen molar-refractivity contribution in [1.29, 1.82) is 0 Å². The maximum Gasteiger partial charge on any atom is 0.356 e. The van der Waals surface area contributed by atoms with Crippen LogP contribution in [0, 0.1) is 0 Å². The van der Waals surface area contributed by atoms with Crippen molar-refractivity contribution < 1.29 is 14.4 Å². The van der Waals surface area contributed by atoms with Gasteiger partial charge in [-0.05, 0) is 13.3 Å². The number of halogens is 1. The molecule has 0 aliphatic heterocycles. The number of carbonyl (C=O) groups excluding carboxylic acids is 1. The van der Waals surface area contributed by atoms with Gasteiger partial charge in [0.15, 0.2) is 5.71 Å². The number of ether oxygens (including phenoxy) is 1. The lowest BCUT2D eigenvalue weighted by atomic mass is 10.4. The summed E-state index contributed by atoms with van der Waals surface area (Å²) in [6, 6.07) is 0. The normalized spacial score (nSPS) is 11.2. The highest BCUT2D eigenvalue weighted by Crippen LogP contribution is 1.93. The summed E-state index contributed by atoms with van der Waals surface area (Å²) in [5.41, 5.74) is 0.260. The second-order valence-electron chi connectivity index (χ2n) is 2.23. The lowest BCUT2D eigenvalue weighted by molar-refractivity contribution is -0.135. The molecule has 76 valence electrons. The van der Waals surface area contributed by atoms with Gasteiger partial charge in [0, 0.05) is 0 Å². The van der Waals surface area contributed by atoms with Gasteiger partial charge < -0.3 is 9.57 Å². The van der Waals surface area contributed by atoms with Crippen LogP contribution >= 0.6 is 15.9 Å². The minimum absolute atomic E-state index is 0.260. The van der Waals surface area contributed by atoms with E-state index in [1.165, 1.54) is 0 Å². The molecule has 0 aromatic heterocycles. The molecule has 5 heteroatoms. The molecule has 0 rings (SSSR count). The van der Waals surface area contributed by atoms with Crippen LogP contribution in [0.2, 0.25) is 0 Å². The van der Waals surface area contributed by atoms with Crippen LogP contribution in [0.5, 0.6) is 0 Å². The zero-order valence-electron chi connectivity index (χ0n) is 7.88. The van der Waals surface area contributed by atoms with Crippen molar-refractivity contribution >= 4 is 27.6 Å². The third kappa shape index (κ3) is 5.63. The minimum atomic E-state index is -0.435. The Morgan fingerprint density at radius 3 is 2.62 bits per heavy atom. The van der Waals surface area contributed by atoms with Gasteiger partial charge in [-0.2, -0.15) is 0 Å². The summed E-state index contributed by atoms with van der Waals surface area (Å²) >= 11 is 3.13. The van der Waals surface area contributed by atoms with Gasteiger partial charge in [-0.25, -0.2) is 4.79 Å². The highest BCUT2D eigenvalue weighted by atomic mass is 79.9. The molecule has 0 saturated carbocycles.